The number of likely N-dealkylation sites (N-methyl/N-ethyl adjacent to an activating group) is 1. The van der Waals surface area contributed by atoms with E-state index in [4.69, 9.17) is 0 Å². The quantitative estimate of drug-likeness (QED) is 0.670. The minimum Gasteiger partial charge on any atom is -0.358 e. The van der Waals surface area contributed by atoms with E-state index in [-0.39, 0.29) is 19.0 Å². The van der Waals surface area contributed by atoms with Crippen molar-refractivity contribution in [2.45, 2.75) is 12.2 Å². The van der Waals surface area contributed by atoms with Crippen LogP contribution in [0.2, 0.25) is 0 Å². The third-order valence-electron chi connectivity index (χ3n) is 2.29. The number of hydrogen-bond acceptors (Lipinski definition) is 3. The number of alkyl halides is 3. The van der Waals surface area contributed by atoms with Crippen molar-refractivity contribution in [2.24, 2.45) is 0 Å². The van der Waals surface area contributed by atoms with E-state index in [9.17, 15) is 18.0 Å². The molecule has 0 saturated carbocycles. The molecule has 7 heteroatoms. The summed E-state index contributed by atoms with van der Waals surface area (Å²) in [7, 11) is 1.42. The first kappa shape index (κ1) is 12.3. The molecule has 1 heterocycles. The summed E-state index contributed by atoms with van der Waals surface area (Å²) in [5.41, 5.74) is 0. The zero-order chi connectivity index (χ0) is 11.5. The fourth-order valence-corrected chi connectivity index (χ4v) is 1.59. The summed E-state index contributed by atoms with van der Waals surface area (Å²) in [4.78, 5) is 12.5. The molecular weight excluding hydrogens is 211 g/mol. The Hall–Kier alpha value is -0.820. The van der Waals surface area contributed by atoms with Gasteiger partial charge in [-0.3, -0.25) is 9.69 Å². The van der Waals surface area contributed by atoms with E-state index in [1.54, 1.807) is 0 Å². The van der Waals surface area contributed by atoms with Crippen molar-refractivity contribution in [1.29, 1.82) is 0 Å². The van der Waals surface area contributed by atoms with Crippen LogP contribution in [0.1, 0.15) is 0 Å². The smallest absolute Gasteiger partial charge is 0.358 e. The SMILES string of the molecule is CNC(=O)C1CNCCN1CC(F)(F)F. The van der Waals surface area contributed by atoms with Crippen molar-refractivity contribution in [1.82, 2.24) is 15.5 Å². The highest BCUT2D eigenvalue weighted by atomic mass is 19.4. The summed E-state index contributed by atoms with van der Waals surface area (Å²) in [6.45, 7) is -0.0658. The van der Waals surface area contributed by atoms with Crippen molar-refractivity contribution >= 4 is 5.91 Å². The molecule has 1 aliphatic rings. The number of piperazine rings is 1. The number of nitrogens with one attached hydrogen (secondary N) is 2. The van der Waals surface area contributed by atoms with Crippen molar-refractivity contribution in [2.75, 3.05) is 33.2 Å². The molecule has 1 aliphatic heterocycles. The van der Waals surface area contributed by atoms with Crippen LogP contribution in [0.25, 0.3) is 0 Å². The number of halogens is 3. The largest absolute Gasteiger partial charge is 0.401 e. The van der Waals surface area contributed by atoms with Gasteiger partial charge in [-0.15, -0.1) is 0 Å². The van der Waals surface area contributed by atoms with Crippen LogP contribution in [0, 0.1) is 0 Å². The van der Waals surface area contributed by atoms with Gasteiger partial charge in [0.2, 0.25) is 5.91 Å². The number of carbonyl (C=O) groups is 1. The first-order valence-electron chi connectivity index (χ1n) is 4.67. The van der Waals surface area contributed by atoms with Gasteiger partial charge >= 0.3 is 6.18 Å². The van der Waals surface area contributed by atoms with Crippen LogP contribution in [-0.2, 0) is 4.79 Å². The van der Waals surface area contributed by atoms with Crippen LogP contribution in [0.5, 0.6) is 0 Å². The molecule has 4 nitrogen and oxygen atoms in total. The summed E-state index contributed by atoms with van der Waals surface area (Å²) in [5, 5.41) is 5.26. The summed E-state index contributed by atoms with van der Waals surface area (Å²) >= 11 is 0. The Labute approximate surface area is 85.8 Å². The molecule has 0 aromatic carbocycles. The second-order valence-corrected chi connectivity index (χ2v) is 3.42. The van der Waals surface area contributed by atoms with E-state index in [0.717, 1.165) is 4.90 Å². The Morgan fingerprint density at radius 3 is 2.80 bits per heavy atom. The Kier molecular flexibility index (Phi) is 3.92. The van der Waals surface area contributed by atoms with Gasteiger partial charge in [-0.2, -0.15) is 13.2 Å². The molecule has 2 N–H and O–H groups in total. The van der Waals surface area contributed by atoms with E-state index in [1.807, 2.05) is 0 Å². The Morgan fingerprint density at radius 2 is 2.27 bits per heavy atom. The molecule has 88 valence electrons. The number of carbonyl (C=O) groups excluding carboxylic acids is 1. The zero-order valence-corrected chi connectivity index (χ0v) is 8.40. The second kappa shape index (κ2) is 4.80. The molecule has 1 saturated heterocycles. The van der Waals surface area contributed by atoms with Gasteiger partial charge in [-0.25, -0.2) is 0 Å². The fraction of sp³-hybridized carbons (Fsp3) is 0.875. The molecule has 0 radical (unpaired) electrons. The summed E-state index contributed by atoms with van der Waals surface area (Å²) in [6, 6.07) is -0.731. The first-order valence-corrected chi connectivity index (χ1v) is 4.67. The summed E-state index contributed by atoms with van der Waals surface area (Å²) in [5.74, 6) is -0.383. The Bertz CT molecular complexity index is 232. The maximum atomic E-state index is 12.2. The van der Waals surface area contributed by atoms with Gasteiger partial charge in [0.25, 0.3) is 0 Å². The van der Waals surface area contributed by atoms with Crippen molar-refractivity contribution < 1.29 is 18.0 Å². The molecule has 1 amide bonds. The zero-order valence-electron chi connectivity index (χ0n) is 8.40. The molecule has 1 unspecified atom stereocenters. The van der Waals surface area contributed by atoms with Crippen molar-refractivity contribution in [3.05, 3.63) is 0 Å². The van der Waals surface area contributed by atoms with Crippen molar-refractivity contribution in [3.63, 3.8) is 0 Å². The molecular formula is C8H14F3N3O. The van der Waals surface area contributed by atoms with Crippen LogP contribution < -0.4 is 10.6 Å². The third-order valence-corrected chi connectivity index (χ3v) is 2.29. The van der Waals surface area contributed by atoms with Gasteiger partial charge in [0, 0.05) is 26.7 Å². The topological polar surface area (TPSA) is 44.4 Å². The highest BCUT2D eigenvalue weighted by molar-refractivity contribution is 5.81. The number of amides is 1. The predicted molar refractivity (Wildman–Crippen MR) is 48.4 cm³/mol. The highest BCUT2D eigenvalue weighted by Crippen LogP contribution is 2.18. The van der Waals surface area contributed by atoms with Gasteiger partial charge in [0.05, 0.1) is 6.54 Å². The molecule has 0 bridgehead atoms. The number of nitrogens with zero attached hydrogens (tertiary/aromatic N) is 1. The van der Waals surface area contributed by atoms with Gasteiger partial charge < -0.3 is 10.6 Å². The van der Waals surface area contributed by atoms with E-state index in [1.165, 1.54) is 7.05 Å². The average molecular weight is 225 g/mol. The highest BCUT2D eigenvalue weighted by Gasteiger charge is 2.37. The van der Waals surface area contributed by atoms with E-state index in [0.29, 0.717) is 6.54 Å². The van der Waals surface area contributed by atoms with E-state index in [2.05, 4.69) is 10.6 Å². The second-order valence-electron chi connectivity index (χ2n) is 3.42. The maximum absolute atomic E-state index is 12.2. The van der Waals surface area contributed by atoms with Crippen LogP contribution in [-0.4, -0.2) is 56.3 Å². The molecule has 15 heavy (non-hydrogen) atoms. The molecule has 1 rings (SSSR count). The minimum absolute atomic E-state index is 0.234. The minimum atomic E-state index is -4.26. The molecule has 0 spiro atoms. The van der Waals surface area contributed by atoms with Gasteiger partial charge in [-0.1, -0.05) is 0 Å². The first-order chi connectivity index (χ1) is 6.94. The van der Waals surface area contributed by atoms with Crippen molar-refractivity contribution in [3.8, 4) is 0 Å². The Balaban J connectivity index is 2.61. The third kappa shape index (κ3) is 3.67. The summed E-state index contributed by atoms with van der Waals surface area (Å²) < 4.78 is 36.6. The number of hydrogen-bond donors (Lipinski definition) is 2. The normalized spacial score (nSPS) is 23.9. The summed E-state index contributed by atoms with van der Waals surface area (Å²) in [6.07, 6.45) is -4.26. The lowest BCUT2D eigenvalue weighted by atomic mass is 10.2. The lowest BCUT2D eigenvalue weighted by Crippen LogP contribution is -2.59. The van der Waals surface area contributed by atoms with Crippen LogP contribution >= 0.6 is 0 Å². The standard InChI is InChI=1S/C8H14F3N3O/c1-12-7(15)6-4-13-2-3-14(6)5-8(9,10)11/h6,13H,2-5H2,1H3,(H,12,15). The lowest BCUT2D eigenvalue weighted by Gasteiger charge is -2.35. The van der Waals surface area contributed by atoms with Gasteiger partial charge in [-0.05, 0) is 0 Å². The monoisotopic (exact) mass is 225 g/mol. The molecule has 0 aliphatic carbocycles. The maximum Gasteiger partial charge on any atom is 0.401 e. The van der Waals surface area contributed by atoms with Gasteiger partial charge in [0.15, 0.2) is 0 Å². The molecule has 0 aromatic rings. The number of rotatable bonds is 2. The Morgan fingerprint density at radius 1 is 1.60 bits per heavy atom. The molecule has 1 atom stereocenters. The van der Waals surface area contributed by atoms with E-state index >= 15 is 0 Å². The molecule has 0 aromatic heterocycles. The van der Waals surface area contributed by atoms with E-state index < -0.39 is 18.8 Å². The van der Waals surface area contributed by atoms with Gasteiger partial charge in [0.1, 0.15) is 6.04 Å². The van der Waals surface area contributed by atoms with Crippen LogP contribution in [0.3, 0.4) is 0 Å². The van der Waals surface area contributed by atoms with Crippen LogP contribution in [0.4, 0.5) is 13.2 Å². The van der Waals surface area contributed by atoms with Crippen LogP contribution in [0.15, 0.2) is 0 Å². The fourth-order valence-electron chi connectivity index (χ4n) is 1.59. The predicted octanol–water partition coefficient (Wildman–Crippen LogP) is -0.432. The average Bonchev–Trinajstić information content (AvgIpc) is 2.15. The lowest BCUT2D eigenvalue weighted by molar-refractivity contribution is -0.156. The molecule has 1 fully saturated rings.